The first-order chi connectivity index (χ1) is 13.2. The molecule has 0 spiro atoms. The zero-order valence-corrected chi connectivity index (χ0v) is 17.6. The summed E-state index contributed by atoms with van der Waals surface area (Å²) in [5, 5.41) is 6.62. The number of hydrogen-bond donors (Lipinski definition) is 2. The van der Waals surface area contributed by atoms with E-state index in [1.54, 1.807) is 7.05 Å². The molecule has 0 fully saturated rings. The third-order valence-corrected chi connectivity index (χ3v) is 5.46. The van der Waals surface area contributed by atoms with Crippen LogP contribution in [-0.2, 0) is 17.9 Å². The van der Waals surface area contributed by atoms with Crippen molar-refractivity contribution >= 4 is 23.3 Å². The first-order valence-corrected chi connectivity index (χ1v) is 9.91. The summed E-state index contributed by atoms with van der Waals surface area (Å²) in [6, 6.07) is 7.50. The second-order valence-corrected chi connectivity index (χ2v) is 8.67. The summed E-state index contributed by atoms with van der Waals surface area (Å²) in [5.74, 6) is 0.0921. The number of nitrogens with one attached hydrogen (secondary N) is 2. The first kappa shape index (κ1) is 20.6. The minimum Gasteiger partial charge on any atom is -0.359 e. The number of nitrogens with zero attached hydrogens (tertiary/aromatic N) is 2. The number of imidazole rings is 1. The van der Waals surface area contributed by atoms with Crippen LogP contribution in [0.3, 0.4) is 0 Å². The molecule has 28 heavy (non-hydrogen) atoms. The van der Waals surface area contributed by atoms with E-state index in [0.29, 0.717) is 17.3 Å². The zero-order chi connectivity index (χ0) is 20.5. The number of amides is 1. The van der Waals surface area contributed by atoms with Crippen molar-refractivity contribution in [2.24, 2.45) is 11.3 Å². The van der Waals surface area contributed by atoms with Gasteiger partial charge >= 0.3 is 0 Å². The summed E-state index contributed by atoms with van der Waals surface area (Å²) in [7, 11) is 1.60. The molecule has 0 saturated heterocycles. The van der Waals surface area contributed by atoms with Crippen LogP contribution in [-0.4, -0.2) is 34.8 Å². The fourth-order valence-electron chi connectivity index (χ4n) is 3.62. The van der Waals surface area contributed by atoms with Gasteiger partial charge in [-0.15, -0.1) is 0 Å². The van der Waals surface area contributed by atoms with E-state index in [1.165, 1.54) is 0 Å². The van der Waals surface area contributed by atoms with Crippen molar-refractivity contribution in [3.05, 3.63) is 40.7 Å². The van der Waals surface area contributed by atoms with Crippen molar-refractivity contribution < 1.29 is 9.59 Å². The molecule has 1 atom stereocenters. The van der Waals surface area contributed by atoms with E-state index in [4.69, 9.17) is 16.6 Å². The molecule has 150 valence electrons. The smallest absolute Gasteiger partial charge is 0.223 e. The Hall–Kier alpha value is -2.18. The van der Waals surface area contributed by atoms with Crippen molar-refractivity contribution in [2.45, 2.75) is 40.3 Å². The van der Waals surface area contributed by atoms with E-state index < -0.39 is 5.92 Å². The molecule has 3 rings (SSSR count). The summed E-state index contributed by atoms with van der Waals surface area (Å²) in [4.78, 5) is 30.3. The molecule has 0 radical (unpaired) electrons. The van der Waals surface area contributed by atoms with E-state index in [1.807, 2.05) is 45.0 Å². The van der Waals surface area contributed by atoms with Crippen molar-refractivity contribution in [1.29, 1.82) is 0 Å². The van der Waals surface area contributed by atoms with Crippen LogP contribution in [0.2, 0.25) is 5.02 Å². The number of ketones is 1. The lowest BCUT2D eigenvalue weighted by Gasteiger charge is -2.28. The summed E-state index contributed by atoms with van der Waals surface area (Å²) >= 11 is 6.16. The molecular formula is C21H27ClN4O2. The van der Waals surface area contributed by atoms with Gasteiger partial charge < -0.3 is 15.2 Å². The number of benzene rings is 1. The standard InChI is InChI=1S/C21H27ClN4O2/c1-21(2,3)15(20(28)23-4)11-17(27)18-16-12-24-8-9-26(16)19(25-18)13-6-5-7-14(22)10-13/h5-7,10,15,24H,8-9,11-12H2,1-4H3,(H,23,28)/t15-/m1/s1. The lowest BCUT2D eigenvalue weighted by Crippen LogP contribution is -2.38. The molecule has 1 aliphatic heterocycles. The third-order valence-electron chi connectivity index (χ3n) is 5.22. The summed E-state index contributed by atoms with van der Waals surface area (Å²) in [6.07, 6.45) is 0.127. The van der Waals surface area contributed by atoms with Crippen molar-refractivity contribution in [1.82, 2.24) is 20.2 Å². The Labute approximate surface area is 170 Å². The second-order valence-electron chi connectivity index (χ2n) is 8.23. The van der Waals surface area contributed by atoms with Crippen LogP contribution in [0, 0.1) is 11.3 Å². The maximum Gasteiger partial charge on any atom is 0.223 e. The monoisotopic (exact) mass is 402 g/mol. The molecule has 1 aromatic carbocycles. The average Bonchev–Trinajstić information content (AvgIpc) is 3.04. The molecule has 1 aromatic heterocycles. The van der Waals surface area contributed by atoms with Gasteiger partial charge in [-0.1, -0.05) is 44.5 Å². The number of aromatic nitrogens is 2. The Morgan fingerprint density at radius 2 is 2.11 bits per heavy atom. The van der Waals surface area contributed by atoms with Gasteiger partial charge in [0.2, 0.25) is 5.91 Å². The molecule has 0 aliphatic carbocycles. The SMILES string of the molecule is CNC(=O)[C@@H](CC(=O)c1nc(-c2cccc(Cl)c2)n2c1CNCC2)C(C)(C)C. The lowest BCUT2D eigenvalue weighted by atomic mass is 9.77. The van der Waals surface area contributed by atoms with Crippen LogP contribution in [0.15, 0.2) is 24.3 Å². The van der Waals surface area contributed by atoms with Crippen LogP contribution in [0.1, 0.15) is 43.4 Å². The average molecular weight is 403 g/mol. The highest BCUT2D eigenvalue weighted by Gasteiger charge is 2.35. The predicted octanol–water partition coefficient (Wildman–Crippen LogP) is 3.29. The molecular weight excluding hydrogens is 376 g/mol. The quantitative estimate of drug-likeness (QED) is 0.752. The number of halogens is 1. The fraction of sp³-hybridized carbons (Fsp3) is 0.476. The topological polar surface area (TPSA) is 76.0 Å². The lowest BCUT2D eigenvalue weighted by molar-refractivity contribution is -0.127. The van der Waals surface area contributed by atoms with Gasteiger partial charge in [-0.2, -0.15) is 0 Å². The normalized spacial score (nSPS) is 15.0. The molecule has 6 nitrogen and oxygen atoms in total. The minimum absolute atomic E-state index is 0.107. The van der Waals surface area contributed by atoms with Crippen LogP contribution in [0.4, 0.5) is 0 Å². The van der Waals surface area contributed by atoms with E-state index >= 15 is 0 Å². The number of carbonyl (C=O) groups is 2. The highest BCUT2D eigenvalue weighted by Crippen LogP contribution is 2.32. The Morgan fingerprint density at radius 1 is 1.36 bits per heavy atom. The fourth-order valence-corrected chi connectivity index (χ4v) is 3.81. The van der Waals surface area contributed by atoms with Gasteiger partial charge in [-0.25, -0.2) is 4.98 Å². The van der Waals surface area contributed by atoms with Crippen LogP contribution >= 0.6 is 11.6 Å². The Balaban J connectivity index is 2.00. The molecule has 0 saturated carbocycles. The highest BCUT2D eigenvalue weighted by molar-refractivity contribution is 6.30. The number of carbonyl (C=O) groups excluding carboxylic acids is 2. The zero-order valence-electron chi connectivity index (χ0n) is 16.8. The van der Waals surface area contributed by atoms with Crippen LogP contribution in [0.25, 0.3) is 11.4 Å². The van der Waals surface area contributed by atoms with Gasteiger partial charge in [0.15, 0.2) is 5.78 Å². The van der Waals surface area contributed by atoms with Crippen LogP contribution in [0.5, 0.6) is 0 Å². The van der Waals surface area contributed by atoms with Crippen molar-refractivity contribution in [2.75, 3.05) is 13.6 Å². The number of fused-ring (bicyclic) bond motifs is 1. The molecule has 2 N–H and O–H groups in total. The molecule has 1 aliphatic rings. The van der Waals surface area contributed by atoms with Crippen LogP contribution < -0.4 is 10.6 Å². The Morgan fingerprint density at radius 3 is 2.75 bits per heavy atom. The van der Waals surface area contributed by atoms with Gasteiger partial charge in [-0.3, -0.25) is 9.59 Å². The second kappa shape index (κ2) is 8.05. The summed E-state index contributed by atoms with van der Waals surface area (Å²) in [6.45, 7) is 8.04. The molecule has 0 unspecified atom stereocenters. The minimum atomic E-state index is -0.423. The number of rotatable bonds is 5. The van der Waals surface area contributed by atoms with Gasteiger partial charge in [0, 0.05) is 43.7 Å². The maximum absolute atomic E-state index is 13.2. The maximum atomic E-state index is 13.2. The van der Waals surface area contributed by atoms with Gasteiger partial charge in [0.25, 0.3) is 0 Å². The van der Waals surface area contributed by atoms with Crippen molar-refractivity contribution in [3.8, 4) is 11.4 Å². The van der Waals surface area contributed by atoms with E-state index in [0.717, 1.165) is 30.2 Å². The third kappa shape index (κ3) is 4.13. The molecule has 2 aromatic rings. The van der Waals surface area contributed by atoms with E-state index in [9.17, 15) is 9.59 Å². The van der Waals surface area contributed by atoms with Gasteiger partial charge in [0.05, 0.1) is 11.6 Å². The Bertz CT molecular complexity index is 898. The predicted molar refractivity (Wildman–Crippen MR) is 110 cm³/mol. The molecule has 0 bridgehead atoms. The van der Waals surface area contributed by atoms with E-state index in [-0.39, 0.29) is 23.5 Å². The van der Waals surface area contributed by atoms with Crippen molar-refractivity contribution in [3.63, 3.8) is 0 Å². The molecule has 1 amide bonds. The van der Waals surface area contributed by atoms with Gasteiger partial charge in [-0.05, 0) is 17.5 Å². The number of hydrogen-bond acceptors (Lipinski definition) is 4. The van der Waals surface area contributed by atoms with E-state index in [2.05, 4.69) is 15.2 Å². The summed E-state index contributed by atoms with van der Waals surface area (Å²) in [5.41, 5.74) is 1.87. The molecule has 2 heterocycles. The summed E-state index contributed by atoms with van der Waals surface area (Å²) < 4.78 is 2.08. The first-order valence-electron chi connectivity index (χ1n) is 9.53. The Kier molecular flexibility index (Phi) is 5.91. The molecule has 7 heteroatoms. The number of Topliss-reactive ketones (excluding diaryl/α,β-unsaturated/α-hetero) is 1. The largest absolute Gasteiger partial charge is 0.359 e. The van der Waals surface area contributed by atoms with Gasteiger partial charge in [0.1, 0.15) is 11.5 Å². The highest BCUT2D eigenvalue weighted by atomic mass is 35.5.